The Kier molecular flexibility index (Phi) is 4.00. The molecule has 1 aromatic heterocycles. The highest BCUT2D eigenvalue weighted by molar-refractivity contribution is 5.80. The third-order valence-corrected chi connectivity index (χ3v) is 9.93. The van der Waals surface area contributed by atoms with E-state index in [1.165, 1.54) is 49.7 Å². The van der Waals surface area contributed by atoms with Gasteiger partial charge in [0, 0.05) is 11.1 Å². The molecule has 0 aliphatic heterocycles. The number of nitrogens with zero attached hydrogens (tertiary/aromatic N) is 2. The van der Waals surface area contributed by atoms with Crippen LogP contribution in [0.2, 0.25) is 0 Å². The predicted octanol–water partition coefficient (Wildman–Crippen LogP) is 7.33. The largest absolute Gasteiger partial charge is 0.302 e. The summed E-state index contributed by atoms with van der Waals surface area (Å²) in [5.74, 6) is 4.02. The third-order valence-electron chi connectivity index (χ3n) is 9.93. The lowest BCUT2D eigenvalue weighted by Gasteiger charge is -2.59. The number of rotatable bonds is 1. The van der Waals surface area contributed by atoms with Crippen LogP contribution in [-0.4, -0.2) is 9.55 Å². The zero-order valence-corrected chi connectivity index (χ0v) is 19.1. The molecule has 0 bridgehead atoms. The van der Waals surface area contributed by atoms with Crippen LogP contribution in [0.25, 0.3) is 16.7 Å². The summed E-state index contributed by atoms with van der Waals surface area (Å²) >= 11 is 0. The second kappa shape index (κ2) is 6.34. The number of allylic oxidation sites excluding steroid dienone is 4. The highest BCUT2D eigenvalue weighted by atomic mass is 15.1. The Balaban J connectivity index is 1.39. The molecule has 158 valence electrons. The first-order valence-corrected chi connectivity index (χ1v) is 12.3. The van der Waals surface area contributed by atoms with E-state index in [2.05, 4.69) is 75.0 Å². The molecule has 4 aliphatic rings. The molecule has 2 nitrogen and oxygen atoms in total. The number of aromatic nitrogens is 2. The molecule has 0 spiro atoms. The minimum atomic E-state index is 0.266. The lowest BCUT2D eigenvalue weighted by molar-refractivity contribution is -0.0358. The Bertz CT molecular complexity index is 1060. The van der Waals surface area contributed by atoms with Crippen molar-refractivity contribution in [2.45, 2.75) is 66.2 Å². The number of benzene rings is 1. The fourth-order valence-electron chi connectivity index (χ4n) is 8.27. The first-order valence-electron chi connectivity index (χ1n) is 12.3. The number of imidazole rings is 1. The smallest absolute Gasteiger partial charge is 0.100 e. The summed E-state index contributed by atoms with van der Waals surface area (Å²) in [5, 5.41) is 0. The maximum atomic E-state index is 4.71. The van der Waals surface area contributed by atoms with E-state index in [1.807, 2.05) is 5.57 Å². The molecule has 2 saturated carbocycles. The summed E-state index contributed by atoms with van der Waals surface area (Å²) in [6, 6.07) is 8.61. The molecule has 0 radical (unpaired) electrons. The Morgan fingerprint density at radius 2 is 1.80 bits per heavy atom. The number of hydrogen-bond acceptors (Lipinski definition) is 1. The van der Waals surface area contributed by atoms with Crippen molar-refractivity contribution in [3.8, 4) is 0 Å². The Morgan fingerprint density at radius 3 is 2.67 bits per heavy atom. The quantitative estimate of drug-likeness (QED) is 0.458. The van der Waals surface area contributed by atoms with Gasteiger partial charge < -0.3 is 4.57 Å². The molecular weight excluding hydrogens is 364 g/mol. The van der Waals surface area contributed by atoms with E-state index in [0.29, 0.717) is 11.3 Å². The zero-order valence-electron chi connectivity index (χ0n) is 19.1. The van der Waals surface area contributed by atoms with Crippen LogP contribution in [0.15, 0.2) is 48.3 Å². The Labute approximate surface area is 181 Å². The van der Waals surface area contributed by atoms with E-state index in [4.69, 9.17) is 4.98 Å². The number of fused-ring (bicyclic) bond motifs is 6. The van der Waals surface area contributed by atoms with Crippen LogP contribution < -0.4 is 0 Å². The van der Waals surface area contributed by atoms with Crippen LogP contribution >= 0.6 is 0 Å². The van der Waals surface area contributed by atoms with Gasteiger partial charge in [-0.05, 0) is 85.7 Å². The zero-order chi connectivity index (χ0) is 20.7. The Morgan fingerprint density at radius 1 is 1.00 bits per heavy atom. The number of para-hydroxylation sites is 2. The molecule has 2 heteroatoms. The molecule has 0 N–H and O–H groups in total. The summed E-state index contributed by atoms with van der Waals surface area (Å²) in [7, 11) is 0. The van der Waals surface area contributed by atoms with Crippen LogP contribution in [0.1, 0.15) is 66.2 Å². The van der Waals surface area contributed by atoms with Crippen molar-refractivity contribution in [2.75, 3.05) is 0 Å². The maximum Gasteiger partial charge on any atom is 0.100 e. The average Bonchev–Trinajstić information content (AvgIpc) is 3.30. The highest BCUT2D eigenvalue weighted by Crippen LogP contribution is 2.67. The molecule has 0 amide bonds. The van der Waals surface area contributed by atoms with E-state index in [-0.39, 0.29) is 5.41 Å². The van der Waals surface area contributed by atoms with Crippen LogP contribution in [0, 0.1) is 40.4 Å². The summed E-state index contributed by atoms with van der Waals surface area (Å²) in [5.41, 5.74) is 6.42. The van der Waals surface area contributed by atoms with Gasteiger partial charge in [-0.3, -0.25) is 0 Å². The minimum absolute atomic E-state index is 0.266. The van der Waals surface area contributed by atoms with Crippen molar-refractivity contribution in [3.63, 3.8) is 0 Å². The molecule has 30 heavy (non-hydrogen) atoms. The standard InChI is InChI=1S/C28H36N2/c1-18-11-13-27(3)20(15-18)16-19(2)26-21-9-10-25(28(21,4)14-12-22(26)27)30-17-29-23-7-5-6-8-24(23)30/h5-8,10,16-19,21-22,26H,9,11-15H2,1-4H3/t18-,19?,21?,22?,26?,27-,28-/m0/s1. The van der Waals surface area contributed by atoms with Gasteiger partial charge in [0.15, 0.2) is 0 Å². The van der Waals surface area contributed by atoms with Crippen molar-refractivity contribution in [1.29, 1.82) is 0 Å². The summed E-state index contributed by atoms with van der Waals surface area (Å²) in [6.07, 6.45) is 15.5. The highest BCUT2D eigenvalue weighted by Gasteiger charge is 2.58. The molecule has 0 saturated heterocycles. The minimum Gasteiger partial charge on any atom is -0.302 e. The predicted molar refractivity (Wildman–Crippen MR) is 125 cm³/mol. The van der Waals surface area contributed by atoms with Crippen molar-refractivity contribution >= 4 is 16.7 Å². The van der Waals surface area contributed by atoms with Crippen LogP contribution in [0.4, 0.5) is 0 Å². The van der Waals surface area contributed by atoms with Crippen molar-refractivity contribution in [3.05, 3.63) is 48.3 Å². The molecular formula is C28H36N2. The number of hydrogen-bond donors (Lipinski definition) is 0. The van der Waals surface area contributed by atoms with E-state index in [1.54, 1.807) is 0 Å². The summed E-state index contributed by atoms with van der Waals surface area (Å²) < 4.78 is 2.41. The molecule has 2 aromatic rings. The second-order valence-corrected chi connectivity index (χ2v) is 11.5. The van der Waals surface area contributed by atoms with Gasteiger partial charge in [0.25, 0.3) is 0 Å². The van der Waals surface area contributed by atoms with E-state index in [9.17, 15) is 0 Å². The van der Waals surface area contributed by atoms with Gasteiger partial charge in [-0.25, -0.2) is 4.98 Å². The average molecular weight is 401 g/mol. The van der Waals surface area contributed by atoms with Gasteiger partial charge in [-0.1, -0.05) is 57.6 Å². The first-order chi connectivity index (χ1) is 14.4. The summed E-state index contributed by atoms with van der Waals surface area (Å²) in [4.78, 5) is 4.71. The van der Waals surface area contributed by atoms with Crippen molar-refractivity contribution < 1.29 is 0 Å². The molecule has 1 aromatic carbocycles. The van der Waals surface area contributed by atoms with Gasteiger partial charge in [-0.15, -0.1) is 0 Å². The fraction of sp³-hybridized carbons (Fsp3) is 0.607. The molecule has 7 atom stereocenters. The topological polar surface area (TPSA) is 17.8 Å². The summed E-state index contributed by atoms with van der Waals surface area (Å²) in [6.45, 7) is 10.2. The van der Waals surface area contributed by atoms with Gasteiger partial charge >= 0.3 is 0 Å². The normalized spacial score (nSPS) is 42.9. The van der Waals surface area contributed by atoms with Gasteiger partial charge in [0.1, 0.15) is 6.33 Å². The molecule has 1 heterocycles. The fourth-order valence-corrected chi connectivity index (χ4v) is 8.27. The third kappa shape index (κ3) is 2.40. The maximum absolute atomic E-state index is 4.71. The van der Waals surface area contributed by atoms with E-state index >= 15 is 0 Å². The van der Waals surface area contributed by atoms with Crippen molar-refractivity contribution in [2.24, 2.45) is 40.4 Å². The van der Waals surface area contributed by atoms with E-state index < -0.39 is 0 Å². The lowest BCUT2D eigenvalue weighted by Crippen LogP contribution is -2.52. The van der Waals surface area contributed by atoms with E-state index in [0.717, 1.165) is 29.2 Å². The Hall–Kier alpha value is -1.83. The van der Waals surface area contributed by atoms with Crippen LogP contribution in [0.5, 0.6) is 0 Å². The molecule has 4 unspecified atom stereocenters. The molecule has 6 rings (SSSR count). The van der Waals surface area contributed by atoms with Crippen LogP contribution in [0.3, 0.4) is 0 Å². The lowest BCUT2D eigenvalue weighted by atomic mass is 9.45. The van der Waals surface area contributed by atoms with Gasteiger partial charge in [0.2, 0.25) is 0 Å². The molecule has 2 fully saturated rings. The van der Waals surface area contributed by atoms with Gasteiger partial charge in [0.05, 0.1) is 11.0 Å². The SMILES string of the molecule is CC1C=C2C[C@@H](C)CC[C@]2(C)C2CC[C@]3(C)C(n4cnc5ccccc54)=CCC3C12. The first kappa shape index (κ1) is 18.9. The monoisotopic (exact) mass is 400 g/mol. The van der Waals surface area contributed by atoms with Crippen molar-refractivity contribution in [1.82, 2.24) is 9.55 Å². The molecule has 4 aliphatic carbocycles. The van der Waals surface area contributed by atoms with Gasteiger partial charge in [-0.2, -0.15) is 0 Å². The van der Waals surface area contributed by atoms with Crippen LogP contribution in [-0.2, 0) is 0 Å². The second-order valence-electron chi connectivity index (χ2n) is 11.5.